The number of nitrogens with one attached hydrogen (secondary N) is 1. The molecule has 0 aliphatic carbocycles. The molecule has 0 aromatic heterocycles. The highest BCUT2D eigenvalue weighted by molar-refractivity contribution is 6.02. The summed E-state index contributed by atoms with van der Waals surface area (Å²) in [5.41, 5.74) is 1.91. The Kier molecular flexibility index (Phi) is 6.06. The SMILES string of the molecule is Cc1c(F)cccc1C1[C@@H](C(=O)c2ccc(O)cc2)CNC[C@H]1C(=O)c1ccc(O)cc1. The highest BCUT2D eigenvalue weighted by Gasteiger charge is 2.43. The van der Waals surface area contributed by atoms with Crippen LogP contribution in [-0.2, 0) is 0 Å². The topological polar surface area (TPSA) is 86.6 Å². The lowest BCUT2D eigenvalue weighted by Crippen LogP contribution is -2.48. The van der Waals surface area contributed by atoms with Gasteiger partial charge in [0, 0.05) is 42.0 Å². The largest absolute Gasteiger partial charge is 0.508 e. The Morgan fingerprint density at radius 1 is 0.812 bits per heavy atom. The summed E-state index contributed by atoms with van der Waals surface area (Å²) >= 11 is 0. The smallest absolute Gasteiger partial charge is 0.167 e. The second kappa shape index (κ2) is 8.93. The van der Waals surface area contributed by atoms with Gasteiger partial charge >= 0.3 is 0 Å². The lowest BCUT2D eigenvalue weighted by atomic mass is 9.68. The number of rotatable bonds is 5. The van der Waals surface area contributed by atoms with E-state index in [0.29, 0.717) is 35.3 Å². The maximum atomic E-state index is 14.5. The molecule has 5 nitrogen and oxygen atoms in total. The standard InChI is InChI=1S/C26H24FNO4/c1-15-20(3-2-4-23(15)27)24-21(25(31)16-5-9-18(29)10-6-16)13-28-14-22(24)26(32)17-7-11-19(30)12-8-17/h2-12,21-22,24,28-30H,13-14H2,1H3/t21-,22+,24?. The Labute approximate surface area is 185 Å². The fourth-order valence-corrected chi connectivity index (χ4v) is 4.54. The number of phenolic OH excluding ortho intramolecular Hbond substituents is 2. The molecule has 0 saturated carbocycles. The monoisotopic (exact) mass is 433 g/mol. The van der Waals surface area contributed by atoms with Crippen LogP contribution in [0.4, 0.5) is 4.39 Å². The Hall–Kier alpha value is -3.51. The van der Waals surface area contributed by atoms with Gasteiger partial charge < -0.3 is 15.5 Å². The molecule has 1 unspecified atom stereocenters. The molecule has 4 rings (SSSR count). The van der Waals surface area contributed by atoms with Crippen LogP contribution in [0.3, 0.4) is 0 Å². The number of benzene rings is 3. The van der Waals surface area contributed by atoms with Crippen molar-refractivity contribution in [2.24, 2.45) is 11.8 Å². The van der Waals surface area contributed by atoms with Crippen molar-refractivity contribution in [1.82, 2.24) is 5.32 Å². The second-order valence-electron chi connectivity index (χ2n) is 8.17. The molecule has 1 heterocycles. The Morgan fingerprint density at radius 3 is 1.75 bits per heavy atom. The summed E-state index contributed by atoms with van der Waals surface area (Å²) in [6, 6.07) is 16.8. The van der Waals surface area contributed by atoms with Crippen LogP contribution in [-0.4, -0.2) is 34.9 Å². The van der Waals surface area contributed by atoms with E-state index in [2.05, 4.69) is 5.32 Å². The van der Waals surface area contributed by atoms with Gasteiger partial charge in [-0.2, -0.15) is 0 Å². The van der Waals surface area contributed by atoms with Crippen LogP contribution in [0.1, 0.15) is 37.8 Å². The summed E-state index contributed by atoms with van der Waals surface area (Å²) in [5.74, 6) is -2.34. The van der Waals surface area contributed by atoms with E-state index in [1.54, 1.807) is 43.3 Å². The van der Waals surface area contributed by atoms with Crippen molar-refractivity contribution in [1.29, 1.82) is 0 Å². The molecule has 0 bridgehead atoms. The zero-order valence-electron chi connectivity index (χ0n) is 17.6. The first kappa shape index (κ1) is 21.7. The lowest BCUT2D eigenvalue weighted by molar-refractivity contribution is 0.0767. The number of carbonyl (C=O) groups excluding carboxylic acids is 2. The van der Waals surface area contributed by atoms with Crippen LogP contribution in [0.25, 0.3) is 0 Å². The molecule has 164 valence electrons. The molecule has 6 heteroatoms. The predicted octanol–water partition coefficient (Wildman–Crippen LogP) is 4.23. The van der Waals surface area contributed by atoms with Gasteiger partial charge in [0.2, 0.25) is 0 Å². The first-order valence-corrected chi connectivity index (χ1v) is 10.5. The van der Waals surface area contributed by atoms with Crippen molar-refractivity contribution in [3.8, 4) is 11.5 Å². The van der Waals surface area contributed by atoms with E-state index >= 15 is 0 Å². The molecule has 3 aromatic rings. The first-order chi connectivity index (χ1) is 15.4. The number of hydrogen-bond acceptors (Lipinski definition) is 5. The molecule has 0 spiro atoms. The minimum atomic E-state index is -0.597. The average Bonchev–Trinajstić information content (AvgIpc) is 2.80. The second-order valence-corrected chi connectivity index (χ2v) is 8.17. The van der Waals surface area contributed by atoms with Crippen LogP contribution >= 0.6 is 0 Å². The maximum Gasteiger partial charge on any atom is 0.167 e. The Bertz CT molecular complexity index is 1080. The van der Waals surface area contributed by atoms with Gasteiger partial charge in [0.25, 0.3) is 0 Å². The summed E-state index contributed by atoms with van der Waals surface area (Å²) in [6.07, 6.45) is 0. The molecule has 0 radical (unpaired) electrons. The van der Waals surface area contributed by atoms with Gasteiger partial charge in [-0.3, -0.25) is 9.59 Å². The number of hydrogen-bond donors (Lipinski definition) is 3. The van der Waals surface area contributed by atoms with Gasteiger partial charge in [0.05, 0.1) is 0 Å². The third-order valence-electron chi connectivity index (χ3n) is 6.24. The van der Waals surface area contributed by atoms with Crippen molar-refractivity contribution in [2.75, 3.05) is 13.1 Å². The van der Waals surface area contributed by atoms with Gasteiger partial charge in [0.1, 0.15) is 17.3 Å². The summed E-state index contributed by atoms with van der Waals surface area (Å²) in [7, 11) is 0. The van der Waals surface area contributed by atoms with E-state index in [-0.39, 0.29) is 28.9 Å². The summed E-state index contributed by atoms with van der Waals surface area (Å²) in [6.45, 7) is 2.36. The molecular weight excluding hydrogens is 409 g/mol. The molecule has 3 N–H and O–H groups in total. The van der Waals surface area contributed by atoms with E-state index in [4.69, 9.17) is 0 Å². The number of aromatic hydroxyl groups is 2. The number of ketones is 2. The molecule has 1 fully saturated rings. The van der Waals surface area contributed by atoms with Gasteiger partial charge in [0.15, 0.2) is 11.6 Å². The van der Waals surface area contributed by atoms with E-state index in [1.807, 2.05) is 0 Å². The normalized spacial score (nSPS) is 20.6. The maximum absolute atomic E-state index is 14.5. The minimum Gasteiger partial charge on any atom is -0.508 e. The van der Waals surface area contributed by atoms with Gasteiger partial charge in [-0.1, -0.05) is 12.1 Å². The van der Waals surface area contributed by atoms with Crippen LogP contribution in [0.5, 0.6) is 11.5 Å². The third kappa shape index (κ3) is 4.14. The van der Waals surface area contributed by atoms with Crippen LogP contribution < -0.4 is 5.32 Å². The molecule has 1 saturated heterocycles. The molecule has 3 atom stereocenters. The zero-order valence-corrected chi connectivity index (χ0v) is 17.6. The fourth-order valence-electron chi connectivity index (χ4n) is 4.54. The van der Waals surface area contributed by atoms with Crippen molar-refractivity contribution < 1.29 is 24.2 Å². The highest BCUT2D eigenvalue weighted by Crippen LogP contribution is 2.40. The first-order valence-electron chi connectivity index (χ1n) is 10.5. The molecule has 0 amide bonds. The Balaban J connectivity index is 1.79. The number of Topliss-reactive ketones (excluding diaryl/α,β-unsaturated/α-hetero) is 2. The summed E-state index contributed by atoms with van der Waals surface area (Å²) in [5, 5.41) is 22.4. The van der Waals surface area contributed by atoms with Crippen molar-refractivity contribution >= 4 is 11.6 Å². The molecule has 1 aliphatic heterocycles. The number of halogens is 1. The fraction of sp³-hybridized carbons (Fsp3) is 0.231. The van der Waals surface area contributed by atoms with Gasteiger partial charge in [-0.05, 0) is 72.6 Å². The van der Waals surface area contributed by atoms with E-state index in [1.165, 1.54) is 30.3 Å². The average molecular weight is 433 g/mol. The van der Waals surface area contributed by atoms with Crippen molar-refractivity contribution in [3.63, 3.8) is 0 Å². The number of phenols is 2. The van der Waals surface area contributed by atoms with Crippen LogP contribution in [0.2, 0.25) is 0 Å². The third-order valence-corrected chi connectivity index (χ3v) is 6.24. The lowest BCUT2D eigenvalue weighted by Gasteiger charge is -2.38. The Morgan fingerprint density at radius 2 is 1.28 bits per heavy atom. The van der Waals surface area contributed by atoms with Gasteiger partial charge in [-0.25, -0.2) is 4.39 Å². The van der Waals surface area contributed by atoms with Crippen LogP contribution in [0.15, 0.2) is 66.7 Å². The van der Waals surface area contributed by atoms with Crippen molar-refractivity contribution in [2.45, 2.75) is 12.8 Å². The van der Waals surface area contributed by atoms with E-state index in [9.17, 15) is 24.2 Å². The van der Waals surface area contributed by atoms with E-state index < -0.39 is 17.8 Å². The summed E-state index contributed by atoms with van der Waals surface area (Å²) < 4.78 is 14.5. The van der Waals surface area contributed by atoms with Crippen molar-refractivity contribution in [3.05, 3.63) is 94.8 Å². The number of carbonyl (C=O) groups is 2. The molecule has 3 aromatic carbocycles. The molecule has 32 heavy (non-hydrogen) atoms. The highest BCUT2D eigenvalue weighted by atomic mass is 19.1. The quantitative estimate of drug-likeness (QED) is 0.524. The zero-order chi connectivity index (χ0) is 22.8. The minimum absolute atomic E-state index is 0.0567. The van der Waals surface area contributed by atoms with Gasteiger partial charge in [-0.15, -0.1) is 0 Å². The van der Waals surface area contributed by atoms with E-state index in [0.717, 1.165) is 0 Å². The predicted molar refractivity (Wildman–Crippen MR) is 119 cm³/mol. The molecular formula is C26H24FNO4. The van der Waals surface area contributed by atoms with Crippen LogP contribution in [0, 0.1) is 24.6 Å². The molecule has 1 aliphatic rings. The summed E-state index contributed by atoms with van der Waals surface area (Å²) in [4.78, 5) is 27.0. The number of piperidine rings is 1.